The van der Waals surface area contributed by atoms with E-state index in [1.807, 2.05) is 0 Å². The number of hydrogen-bond donors (Lipinski definition) is 1. The van der Waals surface area contributed by atoms with Crippen LogP contribution in [0, 0.1) is 5.92 Å². The summed E-state index contributed by atoms with van der Waals surface area (Å²) in [4.78, 5) is 4.40. The lowest BCUT2D eigenvalue weighted by molar-refractivity contribution is 0.320. The van der Waals surface area contributed by atoms with Crippen molar-refractivity contribution in [1.29, 1.82) is 0 Å². The molecule has 0 spiro atoms. The fourth-order valence-corrected chi connectivity index (χ4v) is 3.77. The smallest absolute Gasteiger partial charge is 0.0948 e. The van der Waals surface area contributed by atoms with Crippen molar-refractivity contribution in [2.24, 2.45) is 5.92 Å². The van der Waals surface area contributed by atoms with Crippen LogP contribution in [0.5, 0.6) is 0 Å². The molecule has 0 unspecified atom stereocenters. The van der Waals surface area contributed by atoms with Crippen LogP contribution in [0.15, 0.2) is 12.5 Å². The van der Waals surface area contributed by atoms with E-state index in [9.17, 15) is 0 Å². The molecule has 0 amide bonds. The zero-order valence-corrected chi connectivity index (χ0v) is 12.0. The molecule has 3 rings (SSSR count). The highest BCUT2D eigenvalue weighted by molar-refractivity contribution is 5.07. The molecular weight excluding hydrogens is 234 g/mol. The van der Waals surface area contributed by atoms with E-state index in [0.717, 1.165) is 11.8 Å². The zero-order chi connectivity index (χ0) is 12.9. The Bertz CT molecular complexity index is 373. The minimum Gasteiger partial charge on any atom is -0.334 e. The molecule has 3 nitrogen and oxygen atoms in total. The third-order valence-electron chi connectivity index (χ3n) is 5.00. The number of hydrogen-bond acceptors (Lipinski definition) is 2. The van der Waals surface area contributed by atoms with E-state index in [-0.39, 0.29) is 0 Å². The second kappa shape index (κ2) is 6.56. The summed E-state index contributed by atoms with van der Waals surface area (Å²) in [6, 6.07) is 0. The fraction of sp³-hybridized carbons (Fsp3) is 0.812. The molecule has 1 aromatic heterocycles. The lowest BCUT2D eigenvalue weighted by Crippen LogP contribution is -2.27. The van der Waals surface area contributed by atoms with E-state index in [2.05, 4.69) is 27.4 Å². The number of piperidine rings is 1. The molecule has 1 N–H and O–H groups in total. The molecule has 19 heavy (non-hydrogen) atoms. The van der Waals surface area contributed by atoms with Crippen LogP contribution in [-0.2, 0) is 6.54 Å². The van der Waals surface area contributed by atoms with E-state index >= 15 is 0 Å². The molecule has 2 heterocycles. The van der Waals surface area contributed by atoms with Gasteiger partial charge in [0.1, 0.15) is 0 Å². The Morgan fingerprint density at radius 2 is 1.89 bits per heavy atom. The second-order valence-electron chi connectivity index (χ2n) is 6.33. The first-order valence-corrected chi connectivity index (χ1v) is 8.14. The molecule has 1 saturated carbocycles. The fourth-order valence-electron chi connectivity index (χ4n) is 3.77. The molecule has 0 aromatic carbocycles. The van der Waals surface area contributed by atoms with Gasteiger partial charge in [0.15, 0.2) is 0 Å². The molecule has 1 saturated heterocycles. The minimum atomic E-state index is 0.732. The van der Waals surface area contributed by atoms with E-state index < -0.39 is 0 Å². The largest absolute Gasteiger partial charge is 0.334 e. The molecule has 1 aromatic rings. The quantitative estimate of drug-likeness (QED) is 0.901. The van der Waals surface area contributed by atoms with E-state index in [1.165, 1.54) is 76.7 Å². The predicted molar refractivity (Wildman–Crippen MR) is 78.3 cm³/mol. The van der Waals surface area contributed by atoms with Crippen molar-refractivity contribution in [3.8, 4) is 0 Å². The van der Waals surface area contributed by atoms with Gasteiger partial charge in [-0.2, -0.15) is 0 Å². The van der Waals surface area contributed by atoms with Crippen LogP contribution >= 0.6 is 0 Å². The molecule has 1 aliphatic heterocycles. The molecule has 2 fully saturated rings. The van der Waals surface area contributed by atoms with Crippen molar-refractivity contribution >= 4 is 0 Å². The van der Waals surface area contributed by atoms with Crippen molar-refractivity contribution < 1.29 is 0 Å². The van der Waals surface area contributed by atoms with Crippen LogP contribution < -0.4 is 5.32 Å². The van der Waals surface area contributed by atoms with Crippen molar-refractivity contribution in [2.45, 2.75) is 63.8 Å². The van der Waals surface area contributed by atoms with Crippen LogP contribution in [0.4, 0.5) is 0 Å². The van der Waals surface area contributed by atoms with Crippen LogP contribution in [-0.4, -0.2) is 22.6 Å². The maximum Gasteiger partial charge on any atom is 0.0948 e. The maximum absolute atomic E-state index is 4.40. The lowest BCUT2D eigenvalue weighted by Gasteiger charge is -2.25. The van der Waals surface area contributed by atoms with Gasteiger partial charge in [-0.3, -0.25) is 0 Å². The van der Waals surface area contributed by atoms with Crippen molar-refractivity contribution in [3.63, 3.8) is 0 Å². The van der Waals surface area contributed by atoms with Crippen LogP contribution in [0.1, 0.15) is 63.0 Å². The van der Waals surface area contributed by atoms with Gasteiger partial charge in [-0.15, -0.1) is 0 Å². The first-order chi connectivity index (χ1) is 9.43. The normalized spacial score (nSPS) is 22.7. The summed E-state index contributed by atoms with van der Waals surface area (Å²) in [6.45, 7) is 3.51. The summed E-state index contributed by atoms with van der Waals surface area (Å²) in [7, 11) is 0. The van der Waals surface area contributed by atoms with Gasteiger partial charge < -0.3 is 9.88 Å². The van der Waals surface area contributed by atoms with Crippen LogP contribution in [0.3, 0.4) is 0 Å². The average molecular weight is 261 g/mol. The number of imidazole rings is 1. The van der Waals surface area contributed by atoms with Crippen molar-refractivity contribution in [3.05, 3.63) is 18.2 Å². The third-order valence-corrected chi connectivity index (χ3v) is 5.00. The highest BCUT2D eigenvalue weighted by atomic mass is 15.0. The first kappa shape index (κ1) is 13.2. The molecule has 106 valence electrons. The van der Waals surface area contributed by atoms with Gasteiger partial charge in [-0.05, 0) is 38.3 Å². The summed E-state index contributed by atoms with van der Waals surface area (Å²) < 4.78 is 2.44. The monoisotopic (exact) mass is 261 g/mol. The zero-order valence-electron chi connectivity index (χ0n) is 12.0. The Morgan fingerprint density at radius 3 is 2.68 bits per heavy atom. The van der Waals surface area contributed by atoms with Gasteiger partial charge in [0.25, 0.3) is 0 Å². The maximum atomic E-state index is 4.40. The highest BCUT2D eigenvalue weighted by Gasteiger charge is 2.19. The number of aromatic nitrogens is 2. The van der Waals surface area contributed by atoms with Gasteiger partial charge >= 0.3 is 0 Å². The summed E-state index contributed by atoms with van der Waals surface area (Å²) in [5.74, 6) is 1.70. The second-order valence-corrected chi connectivity index (χ2v) is 6.33. The van der Waals surface area contributed by atoms with Gasteiger partial charge in [-0.25, -0.2) is 4.98 Å². The minimum absolute atomic E-state index is 0.732. The number of rotatable bonds is 4. The molecular formula is C16H27N3. The predicted octanol–water partition coefficient (Wildman–Crippen LogP) is 3.32. The summed E-state index contributed by atoms with van der Waals surface area (Å²) in [5, 5.41) is 3.45. The molecule has 0 radical (unpaired) electrons. The molecule has 0 bridgehead atoms. The number of aryl methyl sites for hydroxylation is 1. The van der Waals surface area contributed by atoms with Crippen LogP contribution in [0.25, 0.3) is 0 Å². The molecule has 0 atom stereocenters. The molecule has 2 aliphatic rings. The Kier molecular flexibility index (Phi) is 4.54. The summed E-state index contributed by atoms with van der Waals surface area (Å²) >= 11 is 0. The SMILES string of the molecule is c1ncn(CCC2CCCCC2)c1C1CCNCC1. The molecule has 3 heteroatoms. The van der Waals surface area contributed by atoms with Gasteiger partial charge in [0.2, 0.25) is 0 Å². The van der Waals surface area contributed by atoms with Gasteiger partial charge in [-0.1, -0.05) is 32.1 Å². The lowest BCUT2D eigenvalue weighted by atomic mass is 9.87. The third kappa shape index (κ3) is 3.38. The topological polar surface area (TPSA) is 29.9 Å². The van der Waals surface area contributed by atoms with E-state index in [4.69, 9.17) is 0 Å². The van der Waals surface area contributed by atoms with Crippen LogP contribution in [0.2, 0.25) is 0 Å². The standard InChI is InChI=1S/C16H27N3/c1-2-4-14(5-3-1)8-11-19-13-18-12-16(19)15-6-9-17-10-7-15/h12-15,17H,1-11H2. The van der Waals surface area contributed by atoms with Crippen molar-refractivity contribution in [1.82, 2.24) is 14.9 Å². The number of nitrogens with zero attached hydrogens (tertiary/aromatic N) is 2. The molecule has 1 aliphatic carbocycles. The summed E-state index contributed by atoms with van der Waals surface area (Å²) in [5.41, 5.74) is 1.48. The van der Waals surface area contributed by atoms with Gasteiger partial charge in [0.05, 0.1) is 6.33 Å². The average Bonchev–Trinajstić information content (AvgIpc) is 2.95. The highest BCUT2D eigenvalue weighted by Crippen LogP contribution is 2.28. The van der Waals surface area contributed by atoms with Gasteiger partial charge in [0, 0.05) is 24.4 Å². The van der Waals surface area contributed by atoms with Crippen molar-refractivity contribution in [2.75, 3.05) is 13.1 Å². The Labute approximate surface area is 116 Å². The Hall–Kier alpha value is -0.830. The summed E-state index contributed by atoms with van der Waals surface area (Å²) in [6.07, 6.45) is 15.3. The number of nitrogens with one attached hydrogen (secondary N) is 1. The Balaban J connectivity index is 1.56. The first-order valence-electron chi connectivity index (χ1n) is 8.14. The Morgan fingerprint density at radius 1 is 1.11 bits per heavy atom. The van der Waals surface area contributed by atoms with E-state index in [0.29, 0.717) is 0 Å². The van der Waals surface area contributed by atoms with E-state index in [1.54, 1.807) is 0 Å².